The second-order valence-corrected chi connectivity index (χ2v) is 5.19. The highest BCUT2D eigenvalue weighted by Crippen LogP contribution is 2.25. The maximum atomic E-state index is 14.1. The first kappa shape index (κ1) is 14.1. The zero-order valence-corrected chi connectivity index (χ0v) is 12.5. The fraction of sp³-hybridized carbons (Fsp3) is 0.385. The minimum atomic E-state index is -0.255. The summed E-state index contributed by atoms with van der Waals surface area (Å²) in [6.07, 6.45) is 2.63. The van der Waals surface area contributed by atoms with Gasteiger partial charge in [0.1, 0.15) is 5.82 Å². The molecule has 0 aliphatic carbocycles. The molecule has 102 valence electrons. The van der Waals surface area contributed by atoms with E-state index in [1.807, 2.05) is 10.7 Å². The second kappa shape index (κ2) is 6.25. The van der Waals surface area contributed by atoms with Crippen LogP contribution in [0.5, 0.6) is 0 Å². The Labute approximate surface area is 120 Å². The van der Waals surface area contributed by atoms with Crippen molar-refractivity contribution in [3.05, 3.63) is 45.9 Å². The van der Waals surface area contributed by atoms with E-state index in [0.29, 0.717) is 5.56 Å². The minimum Gasteiger partial charge on any atom is -0.308 e. The van der Waals surface area contributed by atoms with E-state index in [2.05, 4.69) is 38.5 Å². The first-order chi connectivity index (χ1) is 9.17. The Morgan fingerprint density at radius 2 is 2.26 bits per heavy atom. The summed E-state index contributed by atoms with van der Waals surface area (Å²) in [6.45, 7) is 2.84. The highest BCUT2D eigenvalue weighted by atomic mass is 79.9. The van der Waals surface area contributed by atoms with Crippen LogP contribution < -0.4 is 5.32 Å². The maximum Gasteiger partial charge on any atom is 0.129 e. The lowest BCUT2D eigenvalue weighted by Crippen LogP contribution is -2.22. The molecule has 1 heterocycles. The zero-order chi connectivity index (χ0) is 13.8. The smallest absolute Gasteiger partial charge is 0.129 e. The fourth-order valence-corrected chi connectivity index (χ4v) is 2.41. The van der Waals surface area contributed by atoms with Crippen LogP contribution in [0.1, 0.15) is 30.6 Å². The van der Waals surface area contributed by atoms with Crippen LogP contribution in [0.25, 0.3) is 0 Å². The van der Waals surface area contributed by atoms with E-state index in [1.165, 1.54) is 6.07 Å². The molecule has 0 aliphatic heterocycles. The molecular weight excluding hydrogens is 311 g/mol. The van der Waals surface area contributed by atoms with Crippen molar-refractivity contribution in [1.29, 1.82) is 0 Å². The predicted octanol–water partition coefficient (Wildman–Crippen LogP) is 2.90. The summed E-state index contributed by atoms with van der Waals surface area (Å²) in [7, 11) is 1.80. The number of benzene rings is 1. The van der Waals surface area contributed by atoms with Gasteiger partial charge < -0.3 is 5.32 Å². The Hall–Kier alpha value is -1.27. The lowest BCUT2D eigenvalue weighted by molar-refractivity contribution is 0.508. The summed E-state index contributed by atoms with van der Waals surface area (Å²) in [5.74, 6) is -0.252. The van der Waals surface area contributed by atoms with Gasteiger partial charge in [-0.1, -0.05) is 34.1 Å². The number of halogens is 2. The fourth-order valence-electron chi connectivity index (χ4n) is 2.07. The van der Waals surface area contributed by atoms with Crippen molar-refractivity contribution in [1.82, 2.24) is 20.3 Å². The summed E-state index contributed by atoms with van der Waals surface area (Å²) >= 11 is 3.27. The average Bonchev–Trinajstić information content (AvgIpc) is 2.82. The van der Waals surface area contributed by atoms with E-state index in [0.717, 1.165) is 23.1 Å². The van der Waals surface area contributed by atoms with E-state index in [4.69, 9.17) is 0 Å². The summed E-state index contributed by atoms with van der Waals surface area (Å²) in [5, 5.41) is 11.1. The van der Waals surface area contributed by atoms with Gasteiger partial charge in [-0.05, 0) is 25.6 Å². The van der Waals surface area contributed by atoms with Gasteiger partial charge in [-0.3, -0.25) is 0 Å². The van der Waals surface area contributed by atoms with Crippen molar-refractivity contribution in [3.63, 3.8) is 0 Å². The van der Waals surface area contributed by atoms with Gasteiger partial charge in [0, 0.05) is 16.6 Å². The molecule has 19 heavy (non-hydrogen) atoms. The van der Waals surface area contributed by atoms with Gasteiger partial charge in [-0.15, -0.1) is 5.10 Å². The SMILES string of the molecule is CCCn1nncc1C(NC)c1ccc(Br)cc1F. The van der Waals surface area contributed by atoms with Crippen molar-refractivity contribution in [2.75, 3.05) is 7.05 Å². The largest absolute Gasteiger partial charge is 0.308 e. The molecular formula is C13H16BrFN4. The molecule has 0 radical (unpaired) electrons. The Kier molecular flexibility index (Phi) is 4.66. The quantitative estimate of drug-likeness (QED) is 0.918. The van der Waals surface area contributed by atoms with Crippen LogP contribution in [0.3, 0.4) is 0 Å². The minimum absolute atomic E-state index is 0.252. The normalized spacial score (nSPS) is 12.6. The zero-order valence-electron chi connectivity index (χ0n) is 10.9. The number of nitrogens with zero attached hydrogens (tertiary/aromatic N) is 3. The molecule has 2 aromatic rings. The lowest BCUT2D eigenvalue weighted by Gasteiger charge is -2.18. The molecule has 0 saturated heterocycles. The Morgan fingerprint density at radius 3 is 2.89 bits per heavy atom. The lowest BCUT2D eigenvalue weighted by atomic mass is 10.0. The van der Waals surface area contributed by atoms with Crippen LogP contribution in [-0.4, -0.2) is 22.0 Å². The van der Waals surface area contributed by atoms with E-state index in [9.17, 15) is 4.39 Å². The van der Waals surface area contributed by atoms with Crippen molar-refractivity contribution in [3.8, 4) is 0 Å². The van der Waals surface area contributed by atoms with Crippen LogP contribution in [0.15, 0.2) is 28.9 Å². The molecule has 1 aromatic heterocycles. The summed E-state index contributed by atoms with van der Waals surface area (Å²) in [5.41, 5.74) is 1.45. The first-order valence-electron chi connectivity index (χ1n) is 6.18. The number of aromatic nitrogens is 3. The molecule has 1 N–H and O–H groups in total. The molecule has 0 aliphatic rings. The van der Waals surface area contributed by atoms with Crippen molar-refractivity contribution >= 4 is 15.9 Å². The molecule has 4 nitrogen and oxygen atoms in total. The highest BCUT2D eigenvalue weighted by Gasteiger charge is 2.20. The first-order valence-corrected chi connectivity index (χ1v) is 6.97. The van der Waals surface area contributed by atoms with Crippen LogP contribution in [0, 0.1) is 5.82 Å². The van der Waals surface area contributed by atoms with Gasteiger partial charge in [0.15, 0.2) is 0 Å². The number of rotatable bonds is 5. The van der Waals surface area contributed by atoms with Gasteiger partial charge in [0.2, 0.25) is 0 Å². The Balaban J connectivity index is 2.41. The molecule has 0 amide bonds. The molecule has 1 unspecified atom stereocenters. The molecule has 2 rings (SSSR count). The molecule has 1 atom stereocenters. The van der Waals surface area contributed by atoms with E-state index in [-0.39, 0.29) is 11.9 Å². The van der Waals surface area contributed by atoms with Crippen molar-refractivity contribution in [2.24, 2.45) is 0 Å². The second-order valence-electron chi connectivity index (χ2n) is 4.27. The molecule has 0 bridgehead atoms. The standard InChI is InChI=1S/C13H16BrFN4/c1-3-6-19-12(8-17-18-19)13(16-2)10-5-4-9(14)7-11(10)15/h4-5,7-8,13,16H,3,6H2,1-2H3. The molecule has 0 saturated carbocycles. The maximum absolute atomic E-state index is 14.1. The average molecular weight is 327 g/mol. The van der Waals surface area contributed by atoms with Gasteiger partial charge in [-0.2, -0.15) is 0 Å². The van der Waals surface area contributed by atoms with E-state index >= 15 is 0 Å². The van der Waals surface area contributed by atoms with Crippen LogP contribution in [-0.2, 0) is 6.54 Å². The predicted molar refractivity (Wildman–Crippen MR) is 75.3 cm³/mol. The molecule has 0 fully saturated rings. The van der Waals surface area contributed by atoms with Crippen molar-refractivity contribution in [2.45, 2.75) is 25.9 Å². The van der Waals surface area contributed by atoms with E-state index < -0.39 is 0 Å². The van der Waals surface area contributed by atoms with Crippen molar-refractivity contribution < 1.29 is 4.39 Å². The summed E-state index contributed by atoms with van der Waals surface area (Å²) < 4.78 is 16.6. The topological polar surface area (TPSA) is 42.7 Å². The van der Waals surface area contributed by atoms with Crippen LogP contribution in [0.2, 0.25) is 0 Å². The Morgan fingerprint density at radius 1 is 1.47 bits per heavy atom. The van der Waals surface area contributed by atoms with Crippen LogP contribution in [0.4, 0.5) is 4.39 Å². The van der Waals surface area contributed by atoms with Gasteiger partial charge in [-0.25, -0.2) is 9.07 Å². The number of nitrogens with one attached hydrogen (secondary N) is 1. The van der Waals surface area contributed by atoms with Gasteiger partial charge in [0.05, 0.1) is 17.9 Å². The third-order valence-corrected chi connectivity index (χ3v) is 3.43. The number of aryl methyl sites for hydroxylation is 1. The summed E-state index contributed by atoms with van der Waals surface area (Å²) in [6, 6.07) is 4.81. The van der Waals surface area contributed by atoms with Crippen LogP contribution >= 0.6 is 15.9 Å². The molecule has 0 spiro atoms. The molecule has 6 heteroatoms. The van der Waals surface area contributed by atoms with Gasteiger partial charge >= 0.3 is 0 Å². The van der Waals surface area contributed by atoms with Gasteiger partial charge in [0.25, 0.3) is 0 Å². The summed E-state index contributed by atoms with van der Waals surface area (Å²) in [4.78, 5) is 0. The monoisotopic (exact) mass is 326 g/mol. The third kappa shape index (κ3) is 3.01. The number of hydrogen-bond acceptors (Lipinski definition) is 3. The highest BCUT2D eigenvalue weighted by molar-refractivity contribution is 9.10. The molecule has 1 aromatic carbocycles. The third-order valence-electron chi connectivity index (χ3n) is 2.94. The van der Waals surface area contributed by atoms with E-state index in [1.54, 1.807) is 19.3 Å². The number of hydrogen-bond donors (Lipinski definition) is 1. The Bertz CT molecular complexity index is 555.